The minimum Gasteiger partial charge on any atom is -0.493 e. The van der Waals surface area contributed by atoms with Gasteiger partial charge in [0.15, 0.2) is 17.3 Å². The fourth-order valence-corrected chi connectivity index (χ4v) is 2.82. The quantitative estimate of drug-likeness (QED) is 0.580. The molecule has 24 heavy (non-hydrogen) atoms. The number of amides is 1. The second kappa shape index (κ2) is 8.68. The Hall–Kier alpha value is -2.08. The Morgan fingerprint density at radius 1 is 1.33 bits per heavy atom. The van der Waals surface area contributed by atoms with Crippen LogP contribution in [0.25, 0.3) is 0 Å². The normalized spacial score (nSPS) is 17.0. The fourth-order valence-electron chi connectivity index (χ4n) is 2.82. The van der Waals surface area contributed by atoms with Gasteiger partial charge in [-0.25, -0.2) is 0 Å². The Labute approximate surface area is 142 Å². The van der Waals surface area contributed by atoms with Crippen LogP contribution < -0.4 is 15.2 Å². The number of rotatable bonds is 8. The fraction of sp³-hybridized carbons (Fsp3) is 0.556. The minimum absolute atomic E-state index is 0.0214. The summed E-state index contributed by atoms with van der Waals surface area (Å²) in [5, 5.41) is 0. The van der Waals surface area contributed by atoms with Crippen LogP contribution in [0, 0.1) is 5.92 Å². The van der Waals surface area contributed by atoms with E-state index in [1.54, 1.807) is 18.2 Å². The number of hydrogen-bond acceptors (Lipinski definition) is 5. The summed E-state index contributed by atoms with van der Waals surface area (Å²) in [5.74, 6) is 1.69. The van der Waals surface area contributed by atoms with E-state index in [9.17, 15) is 9.59 Å². The average molecular weight is 334 g/mol. The van der Waals surface area contributed by atoms with Gasteiger partial charge in [0.05, 0.1) is 13.7 Å². The molecule has 0 radical (unpaired) electrons. The van der Waals surface area contributed by atoms with E-state index in [1.165, 1.54) is 14.0 Å². The highest BCUT2D eigenvalue weighted by atomic mass is 16.5. The zero-order valence-corrected chi connectivity index (χ0v) is 14.4. The van der Waals surface area contributed by atoms with Gasteiger partial charge >= 0.3 is 0 Å². The molecule has 2 N–H and O–H groups in total. The Morgan fingerprint density at radius 3 is 2.75 bits per heavy atom. The van der Waals surface area contributed by atoms with Crippen molar-refractivity contribution in [3.63, 3.8) is 0 Å². The first-order valence-electron chi connectivity index (χ1n) is 8.34. The lowest BCUT2D eigenvalue weighted by molar-refractivity contribution is -0.130. The number of methoxy groups -OCH3 is 1. The molecule has 0 aromatic heterocycles. The van der Waals surface area contributed by atoms with Crippen LogP contribution in [-0.4, -0.2) is 49.9 Å². The number of nitrogens with zero attached hydrogens (tertiary/aromatic N) is 1. The molecule has 0 bridgehead atoms. The van der Waals surface area contributed by atoms with E-state index in [4.69, 9.17) is 15.2 Å². The molecule has 1 aromatic rings. The van der Waals surface area contributed by atoms with Crippen molar-refractivity contribution in [3.05, 3.63) is 23.8 Å². The maximum Gasteiger partial charge on any atom is 0.222 e. The molecular formula is C18H26N2O4. The molecule has 1 atom stereocenters. The van der Waals surface area contributed by atoms with Gasteiger partial charge in [-0.3, -0.25) is 9.59 Å². The molecule has 0 aliphatic carbocycles. The standard InChI is InChI=1S/C18H26N2O4/c1-13(21)15-5-6-16(17(10-15)23-2)24-9-3-4-18(22)20-8-7-14(11-19)12-20/h5-6,10,14H,3-4,7-9,11-12,19H2,1-2H3. The molecule has 1 fully saturated rings. The molecule has 0 spiro atoms. The molecular weight excluding hydrogens is 308 g/mol. The predicted molar refractivity (Wildman–Crippen MR) is 91.5 cm³/mol. The van der Waals surface area contributed by atoms with Gasteiger partial charge < -0.3 is 20.1 Å². The number of hydrogen-bond donors (Lipinski definition) is 1. The van der Waals surface area contributed by atoms with Crippen LogP contribution in [0.5, 0.6) is 11.5 Å². The summed E-state index contributed by atoms with van der Waals surface area (Å²) in [7, 11) is 1.54. The van der Waals surface area contributed by atoms with Gasteiger partial charge in [0.1, 0.15) is 0 Å². The lowest BCUT2D eigenvalue weighted by Crippen LogP contribution is -2.29. The van der Waals surface area contributed by atoms with E-state index in [2.05, 4.69) is 0 Å². The van der Waals surface area contributed by atoms with Crippen LogP contribution in [0.3, 0.4) is 0 Å². The first-order chi connectivity index (χ1) is 11.5. The van der Waals surface area contributed by atoms with E-state index < -0.39 is 0 Å². The molecule has 1 unspecified atom stereocenters. The maximum atomic E-state index is 12.1. The number of carbonyl (C=O) groups is 2. The van der Waals surface area contributed by atoms with Crippen LogP contribution in [0.2, 0.25) is 0 Å². The summed E-state index contributed by atoms with van der Waals surface area (Å²) in [5.41, 5.74) is 6.23. The topological polar surface area (TPSA) is 81.9 Å². The molecule has 1 aliphatic heterocycles. The van der Waals surface area contributed by atoms with E-state index in [-0.39, 0.29) is 11.7 Å². The third-order valence-corrected chi connectivity index (χ3v) is 4.33. The number of likely N-dealkylation sites (tertiary alicyclic amines) is 1. The summed E-state index contributed by atoms with van der Waals surface area (Å²) in [6.45, 7) is 4.16. The lowest BCUT2D eigenvalue weighted by atomic mass is 10.1. The van der Waals surface area contributed by atoms with Crippen molar-refractivity contribution in [1.82, 2.24) is 4.90 Å². The summed E-state index contributed by atoms with van der Waals surface area (Å²) in [6, 6.07) is 5.10. The Bertz CT molecular complexity index is 588. The minimum atomic E-state index is -0.0214. The van der Waals surface area contributed by atoms with E-state index in [0.717, 1.165) is 19.5 Å². The van der Waals surface area contributed by atoms with Gasteiger partial charge in [-0.1, -0.05) is 0 Å². The summed E-state index contributed by atoms with van der Waals surface area (Å²) >= 11 is 0. The Balaban J connectivity index is 1.78. The van der Waals surface area contributed by atoms with Crippen molar-refractivity contribution in [1.29, 1.82) is 0 Å². The largest absolute Gasteiger partial charge is 0.493 e. The molecule has 132 valence electrons. The van der Waals surface area contributed by atoms with Crippen molar-refractivity contribution in [2.75, 3.05) is 33.4 Å². The van der Waals surface area contributed by atoms with Crippen LogP contribution >= 0.6 is 0 Å². The Kier molecular flexibility index (Phi) is 6.61. The summed E-state index contributed by atoms with van der Waals surface area (Å²) in [6.07, 6.45) is 2.10. The van der Waals surface area contributed by atoms with Crippen LogP contribution in [0.1, 0.15) is 36.5 Å². The van der Waals surface area contributed by atoms with Gasteiger partial charge in [-0.05, 0) is 50.4 Å². The Morgan fingerprint density at radius 2 is 2.12 bits per heavy atom. The van der Waals surface area contributed by atoms with Gasteiger partial charge in [0.25, 0.3) is 0 Å². The highest BCUT2D eigenvalue weighted by Crippen LogP contribution is 2.28. The molecule has 6 heteroatoms. The van der Waals surface area contributed by atoms with Gasteiger partial charge in [0.2, 0.25) is 5.91 Å². The van der Waals surface area contributed by atoms with Gasteiger partial charge in [-0.15, -0.1) is 0 Å². The molecule has 1 amide bonds. The summed E-state index contributed by atoms with van der Waals surface area (Å²) in [4.78, 5) is 25.4. The van der Waals surface area contributed by atoms with Crippen LogP contribution in [-0.2, 0) is 4.79 Å². The second-order valence-corrected chi connectivity index (χ2v) is 6.10. The van der Waals surface area contributed by atoms with Gasteiger partial charge in [-0.2, -0.15) is 0 Å². The van der Waals surface area contributed by atoms with E-state index >= 15 is 0 Å². The molecule has 2 rings (SSSR count). The van der Waals surface area contributed by atoms with Crippen LogP contribution in [0.4, 0.5) is 0 Å². The van der Waals surface area contributed by atoms with Crippen molar-refractivity contribution in [2.24, 2.45) is 11.7 Å². The van der Waals surface area contributed by atoms with Gasteiger partial charge in [0, 0.05) is 25.1 Å². The van der Waals surface area contributed by atoms with Crippen molar-refractivity contribution in [3.8, 4) is 11.5 Å². The molecule has 0 saturated carbocycles. The first kappa shape index (κ1) is 18.3. The lowest BCUT2D eigenvalue weighted by Gasteiger charge is -2.16. The molecule has 1 heterocycles. The highest BCUT2D eigenvalue weighted by molar-refractivity contribution is 5.94. The summed E-state index contributed by atoms with van der Waals surface area (Å²) < 4.78 is 10.9. The van der Waals surface area contributed by atoms with Crippen molar-refractivity contribution < 1.29 is 19.1 Å². The van der Waals surface area contributed by atoms with Crippen LogP contribution in [0.15, 0.2) is 18.2 Å². The third-order valence-electron chi connectivity index (χ3n) is 4.33. The number of ketones is 1. The zero-order chi connectivity index (χ0) is 17.5. The number of carbonyl (C=O) groups excluding carboxylic acids is 2. The maximum absolute atomic E-state index is 12.1. The molecule has 1 aliphatic rings. The monoisotopic (exact) mass is 334 g/mol. The average Bonchev–Trinajstić information content (AvgIpc) is 3.07. The zero-order valence-electron chi connectivity index (χ0n) is 14.4. The number of Topliss-reactive ketones (excluding diaryl/α,β-unsaturated/α-hetero) is 1. The number of benzene rings is 1. The number of nitrogens with two attached hydrogens (primary N) is 1. The SMILES string of the molecule is COc1cc(C(C)=O)ccc1OCCCC(=O)N1CCC(CN)C1. The number of ether oxygens (including phenoxy) is 2. The second-order valence-electron chi connectivity index (χ2n) is 6.10. The third kappa shape index (κ3) is 4.71. The van der Waals surface area contributed by atoms with Crippen molar-refractivity contribution in [2.45, 2.75) is 26.2 Å². The molecule has 6 nitrogen and oxygen atoms in total. The van der Waals surface area contributed by atoms with E-state index in [0.29, 0.717) is 49.0 Å². The predicted octanol–water partition coefficient (Wildman–Crippen LogP) is 1.86. The first-order valence-corrected chi connectivity index (χ1v) is 8.34. The van der Waals surface area contributed by atoms with E-state index in [1.807, 2.05) is 4.90 Å². The highest BCUT2D eigenvalue weighted by Gasteiger charge is 2.24. The molecule has 1 aromatic carbocycles. The molecule has 1 saturated heterocycles. The van der Waals surface area contributed by atoms with Crippen molar-refractivity contribution >= 4 is 11.7 Å². The smallest absolute Gasteiger partial charge is 0.222 e.